The van der Waals surface area contributed by atoms with Crippen LogP contribution in [0.3, 0.4) is 0 Å². The minimum Gasteiger partial charge on any atom is -0.492 e. The number of nitrogens with zero attached hydrogens (tertiary/aromatic N) is 6. The monoisotopic (exact) mass is 645 g/mol. The lowest BCUT2D eigenvalue weighted by Gasteiger charge is -2.20. The van der Waals surface area contributed by atoms with Gasteiger partial charge in [-0.3, -0.25) is 29.7 Å². The van der Waals surface area contributed by atoms with Crippen LogP contribution in [0.5, 0.6) is 5.75 Å². The Morgan fingerprint density at radius 3 is 2.69 bits per heavy atom. The summed E-state index contributed by atoms with van der Waals surface area (Å²) >= 11 is 0. The molecule has 1 saturated heterocycles. The fraction of sp³-hybridized carbons (Fsp3) is 0.333. The van der Waals surface area contributed by atoms with Crippen LogP contribution in [0.25, 0.3) is 56.0 Å². The Morgan fingerprint density at radius 1 is 0.938 bits per heavy atom. The number of halogens is 1. The predicted molar refractivity (Wildman–Crippen MR) is 182 cm³/mol. The lowest BCUT2D eigenvalue weighted by atomic mass is 9.88. The number of hydrogen-bond acceptors (Lipinski definition) is 8. The van der Waals surface area contributed by atoms with Gasteiger partial charge in [0.05, 0.1) is 40.5 Å². The first-order chi connectivity index (χ1) is 23.6. The number of benzene rings is 1. The van der Waals surface area contributed by atoms with Crippen LogP contribution in [-0.2, 0) is 4.79 Å². The Morgan fingerprint density at radius 2 is 1.81 bits per heavy atom. The number of aromatic amines is 2. The van der Waals surface area contributed by atoms with E-state index in [0.29, 0.717) is 52.0 Å². The van der Waals surface area contributed by atoms with Gasteiger partial charge in [-0.15, -0.1) is 0 Å². The molecule has 1 aliphatic carbocycles. The van der Waals surface area contributed by atoms with Gasteiger partial charge in [0.25, 0.3) is 0 Å². The molecule has 3 N–H and O–H groups in total. The predicted octanol–water partition coefficient (Wildman–Crippen LogP) is 6.76. The molecular formula is C36H36FN9O2. The summed E-state index contributed by atoms with van der Waals surface area (Å²) in [5.41, 5.74) is 5.90. The van der Waals surface area contributed by atoms with Crippen molar-refractivity contribution in [2.45, 2.75) is 44.9 Å². The average Bonchev–Trinajstić information content (AvgIpc) is 3.88. The molecule has 0 bridgehead atoms. The molecular weight excluding hydrogens is 609 g/mol. The lowest BCUT2D eigenvalue weighted by molar-refractivity contribution is -0.120. The van der Waals surface area contributed by atoms with Crippen molar-refractivity contribution in [1.82, 2.24) is 40.0 Å². The molecule has 6 heterocycles. The molecule has 6 aromatic rings. The second-order valence-corrected chi connectivity index (χ2v) is 12.7. The Labute approximate surface area is 276 Å². The summed E-state index contributed by atoms with van der Waals surface area (Å²) < 4.78 is 20.8. The van der Waals surface area contributed by atoms with E-state index in [2.05, 4.69) is 40.3 Å². The molecule has 0 atom stereocenters. The van der Waals surface area contributed by atoms with Crippen LogP contribution in [-0.4, -0.2) is 72.2 Å². The van der Waals surface area contributed by atoms with Gasteiger partial charge in [0.2, 0.25) is 5.91 Å². The van der Waals surface area contributed by atoms with Gasteiger partial charge in [0.15, 0.2) is 5.82 Å². The largest absolute Gasteiger partial charge is 0.492 e. The molecule has 48 heavy (non-hydrogen) atoms. The maximum atomic E-state index is 14.8. The fourth-order valence-electron chi connectivity index (χ4n) is 6.85. The molecule has 2 fully saturated rings. The molecule has 0 spiro atoms. The first-order valence-electron chi connectivity index (χ1n) is 16.7. The van der Waals surface area contributed by atoms with Gasteiger partial charge in [-0.05, 0) is 69.1 Å². The quantitative estimate of drug-likeness (QED) is 0.157. The van der Waals surface area contributed by atoms with E-state index in [-0.39, 0.29) is 11.8 Å². The van der Waals surface area contributed by atoms with Crippen LogP contribution in [0, 0.1) is 11.7 Å². The molecule has 1 aliphatic heterocycles. The zero-order valence-electron chi connectivity index (χ0n) is 26.5. The van der Waals surface area contributed by atoms with Crippen molar-refractivity contribution in [3.05, 3.63) is 67.0 Å². The van der Waals surface area contributed by atoms with Crippen molar-refractivity contribution in [3.8, 4) is 39.8 Å². The van der Waals surface area contributed by atoms with E-state index in [1.807, 2.05) is 24.3 Å². The van der Waals surface area contributed by atoms with Crippen LogP contribution in [0.15, 0.2) is 61.2 Å². The number of ether oxygens (including phenoxy) is 1. The van der Waals surface area contributed by atoms with E-state index in [9.17, 15) is 9.18 Å². The minimum atomic E-state index is -0.399. The van der Waals surface area contributed by atoms with Crippen LogP contribution in [0.4, 0.5) is 10.1 Å². The van der Waals surface area contributed by atoms with E-state index in [1.165, 1.54) is 31.4 Å². The number of carbonyl (C=O) groups excluding carboxylic acids is 1. The molecule has 1 saturated carbocycles. The molecule has 5 aromatic heterocycles. The summed E-state index contributed by atoms with van der Waals surface area (Å²) in [6.45, 7) is 3.47. The van der Waals surface area contributed by atoms with Gasteiger partial charge in [-0.1, -0.05) is 19.3 Å². The topological polar surface area (TPSA) is 138 Å². The maximum absolute atomic E-state index is 14.8. The van der Waals surface area contributed by atoms with Crippen molar-refractivity contribution in [1.29, 1.82) is 0 Å². The summed E-state index contributed by atoms with van der Waals surface area (Å²) in [5, 5.41) is 11.5. The summed E-state index contributed by atoms with van der Waals surface area (Å²) in [4.78, 5) is 37.1. The zero-order valence-corrected chi connectivity index (χ0v) is 26.5. The van der Waals surface area contributed by atoms with Crippen molar-refractivity contribution in [3.63, 3.8) is 0 Å². The van der Waals surface area contributed by atoms with Gasteiger partial charge in [-0.25, -0.2) is 9.37 Å². The highest BCUT2D eigenvalue weighted by atomic mass is 19.1. The number of nitrogens with one attached hydrogen (secondary N) is 3. The SMILES string of the molecule is O=C(Nc1cncc(-c2cc3c(-c4nc5c(-c6cc(F)cc(OCCN7CCCC7)c6)nccc5[nH]4)n[nH]c3cn2)c1)C1CCCCC1. The third kappa shape index (κ3) is 6.23. The number of amides is 1. The fourth-order valence-corrected chi connectivity index (χ4v) is 6.85. The highest BCUT2D eigenvalue weighted by Gasteiger charge is 2.22. The Balaban J connectivity index is 1.07. The number of aromatic nitrogens is 7. The Kier molecular flexibility index (Phi) is 8.23. The number of H-pyrrole nitrogens is 2. The van der Waals surface area contributed by atoms with Gasteiger partial charge in [0.1, 0.15) is 29.4 Å². The van der Waals surface area contributed by atoms with E-state index in [0.717, 1.165) is 67.3 Å². The Hall–Kier alpha value is -5.23. The van der Waals surface area contributed by atoms with Crippen molar-refractivity contribution in [2.24, 2.45) is 5.92 Å². The second kappa shape index (κ2) is 13.1. The molecule has 0 radical (unpaired) electrons. The number of likely N-dealkylation sites (tertiary alicyclic amines) is 1. The summed E-state index contributed by atoms with van der Waals surface area (Å²) in [5.74, 6) is 0.693. The highest BCUT2D eigenvalue weighted by Crippen LogP contribution is 2.33. The molecule has 11 nitrogen and oxygen atoms in total. The van der Waals surface area contributed by atoms with Crippen LogP contribution in [0.2, 0.25) is 0 Å². The molecule has 1 amide bonds. The first kappa shape index (κ1) is 30.1. The summed E-state index contributed by atoms with van der Waals surface area (Å²) in [6, 6.07) is 10.3. The number of rotatable bonds is 9. The number of anilines is 1. The molecule has 8 rings (SSSR count). The van der Waals surface area contributed by atoms with Gasteiger partial charge >= 0.3 is 0 Å². The van der Waals surface area contributed by atoms with Gasteiger partial charge < -0.3 is 15.0 Å². The van der Waals surface area contributed by atoms with E-state index in [4.69, 9.17) is 9.72 Å². The third-order valence-electron chi connectivity index (χ3n) is 9.37. The zero-order chi connectivity index (χ0) is 32.5. The maximum Gasteiger partial charge on any atom is 0.227 e. The van der Waals surface area contributed by atoms with Crippen molar-refractivity contribution >= 4 is 33.5 Å². The lowest BCUT2D eigenvalue weighted by Crippen LogP contribution is -2.25. The number of imidazole rings is 1. The number of carbonyl (C=O) groups is 1. The molecule has 12 heteroatoms. The smallest absolute Gasteiger partial charge is 0.227 e. The van der Waals surface area contributed by atoms with Crippen molar-refractivity contribution in [2.75, 3.05) is 31.6 Å². The van der Waals surface area contributed by atoms with Gasteiger partial charge in [0, 0.05) is 47.4 Å². The van der Waals surface area contributed by atoms with Crippen LogP contribution in [0.1, 0.15) is 44.9 Å². The number of hydrogen-bond donors (Lipinski definition) is 3. The summed E-state index contributed by atoms with van der Waals surface area (Å²) in [7, 11) is 0. The normalized spacial score (nSPS) is 15.8. The number of pyridine rings is 3. The molecule has 0 unspecified atom stereocenters. The van der Waals surface area contributed by atoms with Crippen LogP contribution >= 0.6 is 0 Å². The second-order valence-electron chi connectivity index (χ2n) is 12.7. The van der Waals surface area contributed by atoms with E-state index >= 15 is 0 Å². The molecule has 244 valence electrons. The Bertz CT molecular complexity index is 2100. The first-order valence-corrected chi connectivity index (χ1v) is 16.7. The van der Waals surface area contributed by atoms with Crippen molar-refractivity contribution < 1.29 is 13.9 Å². The van der Waals surface area contributed by atoms with E-state index < -0.39 is 5.82 Å². The molecule has 2 aliphatic rings. The third-order valence-corrected chi connectivity index (χ3v) is 9.37. The average molecular weight is 646 g/mol. The standard InChI is InChI=1S/C36H36FN9O2/c37-25-14-23(16-27(17-25)48-13-12-46-10-4-5-11-46)32-34-29(8-9-39-32)42-35(43-34)33-28-18-30(40-21-31(28)44-45-33)24-15-26(20-38-19-24)41-36(47)22-6-2-1-3-7-22/h8-9,14-22H,1-7,10-13H2,(H,41,47)(H,42,43)(H,44,45). The van der Waals surface area contributed by atoms with Gasteiger partial charge in [-0.2, -0.15) is 5.10 Å². The van der Waals surface area contributed by atoms with Crippen LogP contribution < -0.4 is 10.1 Å². The summed E-state index contributed by atoms with van der Waals surface area (Å²) in [6.07, 6.45) is 14.5. The number of fused-ring (bicyclic) bond motifs is 2. The highest BCUT2D eigenvalue weighted by molar-refractivity contribution is 5.97. The van der Waals surface area contributed by atoms with E-state index in [1.54, 1.807) is 24.8 Å². The molecule has 1 aromatic carbocycles. The minimum absolute atomic E-state index is 0.0471.